The van der Waals surface area contributed by atoms with Crippen molar-refractivity contribution in [1.29, 1.82) is 0 Å². The molecule has 2 rings (SSSR count). The summed E-state index contributed by atoms with van der Waals surface area (Å²) in [4.78, 5) is -1.04. The van der Waals surface area contributed by atoms with Crippen LogP contribution < -0.4 is 0 Å². The predicted octanol–water partition coefficient (Wildman–Crippen LogP) is -0.0567. The lowest BCUT2D eigenvalue weighted by Gasteiger charge is -2.29. The fourth-order valence-corrected chi connectivity index (χ4v) is 5.44. The molecule has 9 nitrogen and oxygen atoms in total. The fourth-order valence-electron chi connectivity index (χ4n) is 2.19. The number of benzene rings is 1. The summed E-state index contributed by atoms with van der Waals surface area (Å²) < 4.78 is 93.4. The van der Waals surface area contributed by atoms with Crippen LogP contribution in [0.2, 0.25) is 0 Å². The molecule has 0 radical (unpaired) electrons. The smallest absolute Gasteiger partial charge is 0.284 e. The number of hydrogen-bond donors (Lipinski definition) is 3. The molecule has 122 valence electrons. The van der Waals surface area contributed by atoms with Gasteiger partial charge in [-0.2, -0.15) is 25.3 Å². The first kappa shape index (κ1) is 17.1. The van der Waals surface area contributed by atoms with Crippen LogP contribution >= 0.6 is 0 Å². The molecule has 22 heavy (non-hydrogen) atoms. The van der Waals surface area contributed by atoms with Crippen molar-refractivity contribution in [1.82, 2.24) is 0 Å². The van der Waals surface area contributed by atoms with Crippen molar-refractivity contribution >= 4 is 35.3 Å². The van der Waals surface area contributed by atoms with Crippen LogP contribution in [0.4, 0.5) is 0 Å². The van der Waals surface area contributed by atoms with Crippen molar-refractivity contribution in [2.45, 2.75) is 10.5 Å². The monoisotopic (exact) mass is 370 g/mol. The van der Waals surface area contributed by atoms with Gasteiger partial charge in [0.1, 0.15) is 4.91 Å². The maximum atomic E-state index is 11.5. The zero-order valence-corrected chi connectivity index (χ0v) is 13.1. The lowest BCUT2D eigenvalue weighted by atomic mass is 9.96. The van der Waals surface area contributed by atoms with E-state index in [-0.39, 0.29) is 17.2 Å². The summed E-state index contributed by atoms with van der Waals surface area (Å²) in [6.07, 6.45) is -0.796. The van der Waals surface area contributed by atoms with Crippen LogP contribution in [0.5, 0.6) is 0 Å². The molecule has 0 saturated heterocycles. The fraction of sp³-hybridized carbons (Fsp3) is 0.200. The van der Waals surface area contributed by atoms with Crippen LogP contribution in [0.25, 0.3) is 4.91 Å². The third-order valence-corrected chi connectivity index (χ3v) is 7.65. The van der Waals surface area contributed by atoms with E-state index in [9.17, 15) is 38.9 Å². The third kappa shape index (κ3) is 2.57. The van der Waals surface area contributed by atoms with E-state index in [1.54, 1.807) is 0 Å². The van der Waals surface area contributed by atoms with Crippen LogP contribution in [-0.2, 0) is 36.8 Å². The molecule has 0 aliphatic heterocycles. The Morgan fingerprint density at radius 1 is 0.864 bits per heavy atom. The van der Waals surface area contributed by atoms with Gasteiger partial charge in [-0.3, -0.25) is 13.7 Å². The van der Waals surface area contributed by atoms with E-state index in [1.807, 2.05) is 0 Å². The van der Waals surface area contributed by atoms with Gasteiger partial charge in [0.15, 0.2) is 0 Å². The average Bonchev–Trinajstić information content (AvgIpc) is 2.33. The Labute approximate surface area is 126 Å². The highest BCUT2D eigenvalue weighted by molar-refractivity contribution is 8.05. The van der Waals surface area contributed by atoms with Crippen molar-refractivity contribution in [3.8, 4) is 0 Å². The molecule has 3 N–H and O–H groups in total. The van der Waals surface area contributed by atoms with E-state index in [4.69, 9.17) is 0 Å². The second-order valence-corrected chi connectivity index (χ2v) is 9.59. The van der Waals surface area contributed by atoms with Gasteiger partial charge in [0.2, 0.25) is 4.08 Å². The van der Waals surface area contributed by atoms with E-state index in [2.05, 4.69) is 0 Å². The van der Waals surface area contributed by atoms with E-state index in [1.165, 1.54) is 24.3 Å². The molecule has 1 aliphatic carbocycles. The summed E-state index contributed by atoms with van der Waals surface area (Å²) >= 11 is 0. The van der Waals surface area contributed by atoms with E-state index >= 15 is 0 Å². The van der Waals surface area contributed by atoms with Crippen molar-refractivity contribution in [3.05, 3.63) is 41.5 Å². The molecular weight excluding hydrogens is 360 g/mol. The van der Waals surface area contributed by atoms with Gasteiger partial charge in [0.05, 0.1) is 0 Å². The zero-order chi connectivity index (χ0) is 17.0. The quantitative estimate of drug-likeness (QED) is 0.618. The molecule has 0 unspecified atom stereocenters. The van der Waals surface area contributed by atoms with Crippen LogP contribution in [0, 0.1) is 0 Å². The average molecular weight is 370 g/mol. The molecule has 1 aromatic rings. The molecule has 1 aromatic carbocycles. The molecule has 0 heterocycles. The maximum absolute atomic E-state index is 11.5. The van der Waals surface area contributed by atoms with E-state index < -0.39 is 45.8 Å². The highest BCUT2D eigenvalue weighted by Crippen LogP contribution is 2.40. The lowest BCUT2D eigenvalue weighted by Crippen LogP contribution is -2.48. The standard InChI is InChI=1S/C10H10O9S3/c11-20(12,13)9-6-10(21(14,15)16,22(17,18)19)5-7-3-1-2-4-8(7)9/h1-4,6H,5H2,(H,11,12,13)(H,14,15,16)(H,17,18,19). The lowest BCUT2D eigenvalue weighted by molar-refractivity contribution is 0.436. The second kappa shape index (κ2) is 4.84. The normalized spacial score (nSPS) is 18.4. The van der Waals surface area contributed by atoms with Crippen molar-refractivity contribution in [3.63, 3.8) is 0 Å². The number of rotatable bonds is 3. The summed E-state index contributed by atoms with van der Waals surface area (Å²) in [5, 5.41) is 0. The second-order valence-electron chi connectivity index (χ2n) is 4.58. The first-order valence-electron chi connectivity index (χ1n) is 5.52. The van der Waals surface area contributed by atoms with Gasteiger partial charge in [0.25, 0.3) is 30.4 Å². The molecule has 0 aromatic heterocycles. The molecular formula is C10H10O9S3. The Bertz CT molecular complexity index is 936. The third-order valence-electron chi connectivity index (χ3n) is 3.22. The van der Waals surface area contributed by atoms with Gasteiger partial charge in [-0.15, -0.1) is 0 Å². The zero-order valence-electron chi connectivity index (χ0n) is 10.6. The van der Waals surface area contributed by atoms with Crippen molar-refractivity contribution in [2.24, 2.45) is 0 Å². The first-order valence-corrected chi connectivity index (χ1v) is 9.84. The minimum absolute atomic E-state index is 0.104. The van der Waals surface area contributed by atoms with Gasteiger partial charge in [0, 0.05) is 6.42 Å². The number of fused-ring (bicyclic) bond motifs is 1. The molecule has 0 amide bonds. The molecule has 1 aliphatic rings. The number of hydrogen-bond acceptors (Lipinski definition) is 6. The van der Waals surface area contributed by atoms with Crippen LogP contribution in [0.15, 0.2) is 30.3 Å². The predicted molar refractivity (Wildman–Crippen MR) is 75.5 cm³/mol. The Morgan fingerprint density at radius 2 is 1.36 bits per heavy atom. The minimum Gasteiger partial charge on any atom is -0.284 e. The molecule has 12 heteroatoms. The van der Waals surface area contributed by atoms with E-state index in [0.717, 1.165) is 0 Å². The van der Waals surface area contributed by atoms with Crippen LogP contribution in [0.3, 0.4) is 0 Å². The summed E-state index contributed by atoms with van der Waals surface area (Å²) in [6.45, 7) is 0. The Kier molecular flexibility index (Phi) is 3.75. The molecule has 0 atom stereocenters. The topological polar surface area (TPSA) is 163 Å². The van der Waals surface area contributed by atoms with Crippen molar-refractivity contribution < 1.29 is 38.9 Å². The SMILES string of the molecule is O=S(=O)(O)C1=CC(S(=O)(=O)O)(S(=O)(=O)O)Cc2ccccc21. The molecule has 0 fully saturated rings. The van der Waals surface area contributed by atoms with Gasteiger partial charge in [-0.25, -0.2) is 0 Å². The molecule has 0 bridgehead atoms. The molecule has 0 spiro atoms. The summed E-state index contributed by atoms with van der Waals surface area (Å²) in [5.74, 6) is 0. The largest absolute Gasteiger partial charge is 0.294 e. The summed E-state index contributed by atoms with van der Waals surface area (Å²) in [5.41, 5.74) is -0.235. The Hall–Kier alpha value is -1.31. The Morgan fingerprint density at radius 3 is 1.82 bits per heavy atom. The minimum atomic E-state index is -5.47. The maximum Gasteiger partial charge on any atom is 0.294 e. The highest BCUT2D eigenvalue weighted by Gasteiger charge is 2.56. The van der Waals surface area contributed by atoms with Crippen LogP contribution in [0.1, 0.15) is 11.1 Å². The van der Waals surface area contributed by atoms with Gasteiger partial charge in [-0.05, 0) is 17.2 Å². The Balaban J connectivity index is 3.00. The van der Waals surface area contributed by atoms with E-state index in [0.29, 0.717) is 0 Å². The summed E-state index contributed by atoms with van der Waals surface area (Å²) in [7, 11) is -16.0. The van der Waals surface area contributed by atoms with Crippen LogP contribution in [-0.4, -0.2) is 43.0 Å². The van der Waals surface area contributed by atoms with Gasteiger partial charge in [-0.1, -0.05) is 24.3 Å². The van der Waals surface area contributed by atoms with Gasteiger partial charge < -0.3 is 0 Å². The van der Waals surface area contributed by atoms with Crippen molar-refractivity contribution in [2.75, 3.05) is 0 Å². The summed E-state index contributed by atoms with van der Waals surface area (Å²) in [6, 6.07) is 5.17. The highest BCUT2D eigenvalue weighted by atomic mass is 32.3. The first-order chi connectivity index (χ1) is 9.80. The molecule has 0 saturated carbocycles. The van der Waals surface area contributed by atoms with Gasteiger partial charge >= 0.3 is 0 Å².